The lowest BCUT2D eigenvalue weighted by atomic mass is 10.2. The molecule has 144 valence electrons. The topological polar surface area (TPSA) is 128 Å². The highest BCUT2D eigenvalue weighted by Gasteiger charge is 2.34. The van der Waals surface area contributed by atoms with Gasteiger partial charge < -0.3 is 19.6 Å². The van der Waals surface area contributed by atoms with Gasteiger partial charge in [-0.1, -0.05) is 30.3 Å². The number of benzene rings is 1. The van der Waals surface area contributed by atoms with Crippen LogP contribution in [0.4, 0.5) is 4.79 Å². The van der Waals surface area contributed by atoms with Crippen molar-refractivity contribution in [3.05, 3.63) is 35.9 Å². The van der Waals surface area contributed by atoms with Gasteiger partial charge in [-0.3, -0.25) is 9.59 Å². The van der Waals surface area contributed by atoms with Crippen molar-refractivity contribution < 1.29 is 38.3 Å². The fraction of sp³-hybridized carbons (Fsp3) is 0.353. The van der Waals surface area contributed by atoms with Crippen LogP contribution in [0.25, 0.3) is 0 Å². The van der Waals surface area contributed by atoms with E-state index in [0.717, 1.165) is 12.7 Å². The Kier molecular flexibility index (Phi) is 6.86. The van der Waals surface area contributed by atoms with Gasteiger partial charge in [0, 0.05) is 12.8 Å². The van der Waals surface area contributed by atoms with Crippen LogP contribution in [0.3, 0.4) is 0 Å². The van der Waals surface area contributed by atoms with Crippen LogP contribution in [0.2, 0.25) is 0 Å². The lowest BCUT2D eigenvalue weighted by Gasteiger charge is -2.17. The molecule has 2 rings (SSSR count). The van der Waals surface area contributed by atoms with E-state index in [0.29, 0.717) is 5.06 Å². The number of nitrogens with one attached hydrogen (secondary N) is 1. The maximum Gasteiger partial charge on any atom is 0.408 e. The van der Waals surface area contributed by atoms with Gasteiger partial charge in [-0.15, -0.1) is 5.06 Å². The van der Waals surface area contributed by atoms with Gasteiger partial charge in [-0.25, -0.2) is 14.4 Å². The molecule has 1 fully saturated rings. The number of hydroxylamine groups is 2. The van der Waals surface area contributed by atoms with Gasteiger partial charge in [0.25, 0.3) is 11.8 Å². The number of imide groups is 1. The molecular weight excluding hydrogens is 360 g/mol. The first kappa shape index (κ1) is 19.9. The van der Waals surface area contributed by atoms with E-state index in [1.165, 1.54) is 0 Å². The zero-order valence-corrected chi connectivity index (χ0v) is 14.5. The van der Waals surface area contributed by atoms with Crippen LogP contribution in [0, 0.1) is 0 Å². The van der Waals surface area contributed by atoms with E-state index in [1.807, 2.05) is 0 Å². The third kappa shape index (κ3) is 5.80. The number of methoxy groups -OCH3 is 1. The van der Waals surface area contributed by atoms with Crippen molar-refractivity contribution in [1.29, 1.82) is 0 Å². The van der Waals surface area contributed by atoms with Crippen molar-refractivity contribution in [3.63, 3.8) is 0 Å². The number of hydrogen-bond donors (Lipinski definition) is 1. The lowest BCUT2D eigenvalue weighted by molar-refractivity contribution is -0.198. The summed E-state index contributed by atoms with van der Waals surface area (Å²) in [6, 6.07) is 7.42. The van der Waals surface area contributed by atoms with Crippen molar-refractivity contribution in [3.8, 4) is 0 Å². The van der Waals surface area contributed by atoms with Crippen LogP contribution in [0.15, 0.2) is 30.3 Å². The number of amides is 3. The van der Waals surface area contributed by atoms with E-state index >= 15 is 0 Å². The summed E-state index contributed by atoms with van der Waals surface area (Å²) in [6.07, 6.45) is -1.72. The van der Waals surface area contributed by atoms with Crippen LogP contribution in [-0.2, 0) is 40.1 Å². The Morgan fingerprint density at radius 3 is 2.33 bits per heavy atom. The Morgan fingerprint density at radius 1 is 1.11 bits per heavy atom. The molecule has 27 heavy (non-hydrogen) atoms. The number of nitrogens with zero attached hydrogens (tertiary/aromatic N) is 1. The number of carbonyl (C=O) groups is 5. The summed E-state index contributed by atoms with van der Waals surface area (Å²) < 4.78 is 9.50. The van der Waals surface area contributed by atoms with E-state index < -0.39 is 42.3 Å². The van der Waals surface area contributed by atoms with Crippen molar-refractivity contribution >= 4 is 29.8 Å². The number of ether oxygens (including phenoxy) is 2. The lowest BCUT2D eigenvalue weighted by Crippen LogP contribution is -2.44. The monoisotopic (exact) mass is 378 g/mol. The van der Waals surface area contributed by atoms with Gasteiger partial charge >= 0.3 is 18.0 Å². The van der Waals surface area contributed by atoms with E-state index in [2.05, 4.69) is 14.9 Å². The second kappa shape index (κ2) is 9.32. The Balaban J connectivity index is 1.89. The van der Waals surface area contributed by atoms with Crippen LogP contribution in [0.5, 0.6) is 0 Å². The first-order chi connectivity index (χ1) is 12.9. The van der Waals surface area contributed by atoms with Crippen molar-refractivity contribution in [2.24, 2.45) is 0 Å². The Morgan fingerprint density at radius 2 is 1.74 bits per heavy atom. The summed E-state index contributed by atoms with van der Waals surface area (Å²) in [5.74, 6) is -3.28. The number of carbonyl (C=O) groups excluding carboxylic acids is 5. The van der Waals surface area contributed by atoms with E-state index in [9.17, 15) is 24.0 Å². The fourth-order valence-electron chi connectivity index (χ4n) is 2.21. The summed E-state index contributed by atoms with van der Waals surface area (Å²) in [6.45, 7) is -0.0399. The fourth-order valence-corrected chi connectivity index (χ4v) is 2.21. The van der Waals surface area contributed by atoms with Crippen molar-refractivity contribution in [2.45, 2.75) is 31.9 Å². The molecule has 10 nitrogen and oxygen atoms in total. The van der Waals surface area contributed by atoms with Gasteiger partial charge in [0.2, 0.25) is 0 Å². The van der Waals surface area contributed by atoms with Crippen molar-refractivity contribution in [1.82, 2.24) is 10.4 Å². The zero-order valence-electron chi connectivity index (χ0n) is 14.5. The molecular formula is C17H18N2O8. The number of hydrogen-bond acceptors (Lipinski definition) is 8. The molecule has 1 aliphatic heterocycles. The molecule has 1 heterocycles. The molecule has 1 aromatic rings. The highest BCUT2D eigenvalue weighted by atomic mass is 16.7. The first-order valence-corrected chi connectivity index (χ1v) is 8.02. The second-order valence-electron chi connectivity index (χ2n) is 5.53. The highest BCUT2D eigenvalue weighted by molar-refractivity contribution is 6.01. The largest absolute Gasteiger partial charge is 0.467 e. The third-order valence-corrected chi connectivity index (χ3v) is 3.56. The van der Waals surface area contributed by atoms with Gasteiger partial charge in [0.15, 0.2) is 0 Å². The van der Waals surface area contributed by atoms with Crippen LogP contribution in [-0.4, -0.2) is 48.1 Å². The van der Waals surface area contributed by atoms with Crippen LogP contribution < -0.4 is 5.32 Å². The van der Waals surface area contributed by atoms with Crippen molar-refractivity contribution in [2.75, 3.05) is 7.11 Å². The minimum absolute atomic E-state index is 0.0399. The maximum atomic E-state index is 11.9. The second-order valence-corrected chi connectivity index (χ2v) is 5.53. The standard InChI is InChI=1S/C17H18N2O8/c1-25-16(23)12(9-15(22)27-19-13(20)7-8-14(19)21)18-17(24)26-10-11-5-3-2-4-6-11/h2-6,12H,7-10H2,1H3,(H,18,24)/t12-/m1/s1. The quantitative estimate of drug-likeness (QED) is 0.535. The van der Waals surface area contributed by atoms with Gasteiger partial charge in [0.05, 0.1) is 13.5 Å². The molecule has 1 aliphatic rings. The minimum Gasteiger partial charge on any atom is -0.467 e. The summed E-state index contributed by atoms with van der Waals surface area (Å²) >= 11 is 0. The predicted octanol–water partition coefficient (Wildman–Crippen LogP) is 0.452. The maximum absolute atomic E-state index is 11.9. The molecule has 1 aromatic carbocycles. The molecule has 0 aromatic heterocycles. The summed E-state index contributed by atoms with van der Waals surface area (Å²) in [5, 5.41) is 2.54. The number of esters is 1. The number of rotatable bonds is 7. The highest BCUT2D eigenvalue weighted by Crippen LogP contribution is 2.13. The molecule has 0 aliphatic carbocycles. The molecule has 1 N–H and O–H groups in total. The minimum atomic E-state index is -1.40. The molecule has 1 saturated heterocycles. The van der Waals surface area contributed by atoms with E-state index in [1.54, 1.807) is 30.3 Å². The average Bonchev–Trinajstić information content (AvgIpc) is 2.98. The summed E-state index contributed by atoms with van der Waals surface area (Å²) in [4.78, 5) is 63.1. The molecule has 0 bridgehead atoms. The van der Waals surface area contributed by atoms with Gasteiger partial charge in [0.1, 0.15) is 12.6 Å². The van der Waals surface area contributed by atoms with Gasteiger partial charge in [-0.05, 0) is 5.56 Å². The average molecular weight is 378 g/mol. The number of alkyl carbamates (subject to hydrolysis) is 1. The molecule has 3 amide bonds. The van der Waals surface area contributed by atoms with E-state index in [-0.39, 0.29) is 19.4 Å². The smallest absolute Gasteiger partial charge is 0.408 e. The molecule has 0 radical (unpaired) electrons. The SMILES string of the molecule is COC(=O)[C@@H](CC(=O)ON1C(=O)CCC1=O)NC(=O)OCc1ccccc1. The molecule has 0 unspecified atom stereocenters. The molecule has 1 atom stereocenters. The summed E-state index contributed by atoms with van der Waals surface area (Å²) in [5.41, 5.74) is 0.729. The third-order valence-electron chi connectivity index (χ3n) is 3.56. The Hall–Kier alpha value is -3.43. The molecule has 10 heteroatoms. The van der Waals surface area contributed by atoms with Gasteiger partial charge in [-0.2, -0.15) is 0 Å². The van der Waals surface area contributed by atoms with Crippen LogP contribution in [0.1, 0.15) is 24.8 Å². The zero-order chi connectivity index (χ0) is 19.8. The molecule has 0 saturated carbocycles. The Bertz CT molecular complexity index is 718. The van der Waals surface area contributed by atoms with Crippen LogP contribution >= 0.6 is 0 Å². The predicted molar refractivity (Wildman–Crippen MR) is 87.4 cm³/mol. The summed E-state index contributed by atoms with van der Waals surface area (Å²) in [7, 11) is 1.07. The normalized spacial score (nSPS) is 14.5. The first-order valence-electron chi connectivity index (χ1n) is 8.02. The molecule has 0 spiro atoms. The Labute approximate surface area is 154 Å². The van der Waals surface area contributed by atoms with E-state index in [4.69, 9.17) is 4.74 Å².